The van der Waals surface area contributed by atoms with Crippen molar-refractivity contribution < 1.29 is 18.7 Å². The van der Waals surface area contributed by atoms with Crippen LogP contribution in [0.15, 0.2) is 22.6 Å². The van der Waals surface area contributed by atoms with Crippen molar-refractivity contribution in [3.05, 3.63) is 41.4 Å². The van der Waals surface area contributed by atoms with Gasteiger partial charge in [0.15, 0.2) is 6.61 Å². The summed E-state index contributed by atoms with van der Waals surface area (Å²) >= 11 is 0. The van der Waals surface area contributed by atoms with E-state index in [1.807, 2.05) is 6.92 Å². The van der Waals surface area contributed by atoms with Crippen molar-refractivity contribution in [2.75, 3.05) is 0 Å². The zero-order valence-electron chi connectivity index (χ0n) is 10.8. The maximum atomic E-state index is 13.1. The van der Waals surface area contributed by atoms with Gasteiger partial charge in [-0.3, -0.25) is 0 Å². The van der Waals surface area contributed by atoms with E-state index in [1.165, 1.54) is 18.2 Å². The van der Waals surface area contributed by atoms with Gasteiger partial charge in [0.2, 0.25) is 5.89 Å². The molecule has 1 N–H and O–H groups in total. The second kappa shape index (κ2) is 5.79. The Morgan fingerprint density at radius 1 is 1.37 bits per heavy atom. The van der Waals surface area contributed by atoms with Crippen LogP contribution < -0.4 is 4.74 Å². The minimum Gasteiger partial charge on any atom is -0.483 e. The van der Waals surface area contributed by atoms with Gasteiger partial charge in [0.25, 0.3) is 5.89 Å². The van der Waals surface area contributed by atoms with Crippen LogP contribution in [-0.2, 0) is 13.0 Å². The molecule has 2 aromatic rings. The highest BCUT2D eigenvalue weighted by atomic mass is 19.1. The summed E-state index contributed by atoms with van der Waals surface area (Å²) in [6, 6.07) is 3.98. The van der Waals surface area contributed by atoms with Crippen LogP contribution in [0.5, 0.6) is 5.75 Å². The number of hydrogen-bond acceptors (Lipinski definition) is 5. The first kappa shape index (κ1) is 13.5. The SMILES string of the molecule is CCc1nnc(COc2ccc(F)cc2[C@@H](C)O)o1. The van der Waals surface area contributed by atoms with Gasteiger partial charge in [-0.25, -0.2) is 4.39 Å². The molecular formula is C13H15FN2O3. The normalized spacial score (nSPS) is 12.4. The summed E-state index contributed by atoms with van der Waals surface area (Å²) in [5.74, 6) is 0.855. The Morgan fingerprint density at radius 3 is 2.74 bits per heavy atom. The molecule has 0 saturated heterocycles. The van der Waals surface area contributed by atoms with Crippen molar-refractivity contribution in [1.29, 1.82) is 0 Å². The van der Waals surface area contributed by atoms with Crippen LogP contribution in [0.3, 0.4) is 0 Å². The molecule has 0 aliphatic heterocycles. The van der Waals surface area contributed by atoms with E-state index in [9.17, 15) is 9.50 Å². The highest BCUT2D eigenvalue weighted by molar-refractivity contribution is 5.35. The number of nitrogens with zero attached hydrogens (tertiary/aromatic N) is 2. The lowest BCUT2D eigenvalue weighted by molar-refractivity contribution is 0.186. The fourth-order valence-electron chi connectivity index (χ4n) is 1.61. The summed E-state index contributed by atoms with van der Waals surface area (Å²) in [5.41, 5.74) is 0.384. The molecule has 19 heavy (non-hydrogen) atoms. The summed E-state index contributed by atoms with van der Waals surface area (Å²) < 4.78 is 23.9. The minimum absolute atomic E-state index is 0.0817. The summed E-state index contributed by atoms with van der Waals surface area (Å²) in [6.45, 7) is 3.53. The summed E-state index contributed by atoms with van der Waals surface area (Å²) in [6.07, 6.45) is -0.165. The predicted octanol–water partition coefficient (Wildman–Crippen LogP) is 2.40. The molecule has 0 radical (unpaired) electrons. The number of aliphatic hydroxyl groups excluding tert-OH is 1. The Balaban J connectivity index is 2.10. The number of aliphatic hydroxyl groups is 1. The van der Waals surface area contributed by atoms with Gasteiger partial charge in [0.1, 0.15) is 11.6 Å². The number of ether oxygens (including phenoxy) is 1. The first-order chi connectivity index (χ1) is 9.10. The maximum absolute atomic E-state index is 13.1. The smallest absolute Gasteiger partial charge is 0.253 e. The molecule has 2 rings (SSSR count). The molecule has 0 spiro atoms. The summed E-state index contributed by atoms with van der Waals surface area (Å²) in [4.78, 5) is 0. The molecule has 102 valence electrons. The van der Waals surface area contributed by atoms with Crippen LogP contribution in [0.2, 0.25) is 0 Å². The number of benzene rings is 1. The maximum Gasteiger partial charge on any atom is 0.253 e. The highest BCUT2D eigenvalue weighted by Gasteiger charge is 2.12. The lowest BCUT2D eigenvalue weighted by Gasteiger charge is -2.12. The first-order valence-corrected chi connectivity index (χ1v) is 6.01. The van der Waals surface area contributed by atoms with Crippen molar-refractivity contribution >= 4 is 0 Å². The minimum atomic E-state index is -0.820. The number of halogens is 1. The van der Waals surface area contributed by atoms with Gasteiger partial charge >= 0.3 is 0 Å². The molecule has 0 unspecified atom stereocenters. The molecule has 6 heteroatoms. The van der Waals surface area contributed by atoms with E-state index < -0.39 is 11.9 Å². The molecule has 0 bridgehead atoms. The Bertz CT molecular complexity index is 555. The fraction of sp³-hybridized carbons (Fsp3) is 0.385. The van der Waals surface area contributed by atoms with Crippen LogP contribution in [0, 0.1) is 5.82 Å². The van der Waals surface area contributed by atoms with E-state index in [1.54, 1.807) is 6.92 Å². The number of rotatable bonds is 5. The molecule has 0 aliphatic rings. The Morgan fingerprint density at radius 2 is 2.11 bits per heavy atom. The zero-order chi connectivity index (χ0) is 13.8. The van der Waals surface area contributed by atoms with E-state index >= 15 is 0 Å². The average Bonchev–Trinajstić information content (AvgIpc) is 2.85. The molecule has 5 nitrogen and oxygen atoms in total. The third-order valence-electron chi connectivity index (χ3n) is 2.58. The topological polar surface area (TPSA) is 68.4 Å². The van der Waals surface area contributed by atoms with Crippen LogP contribution in [0.25, 0.3) is 0 Å². The number of aromatic nitrogens is 2. The second-order valence-electron chi connectivity index (χ2n) is 4.09. The third-order valence-corrected chi connectivity index (χ3v) is 2.58. The van der Waals surface area contributed by atoms with Crippen LogP contribution in [0.4, 0.5) is 4.39 Å². The highest BCUT2D eigenvalue weighted by Crippen LogP contribution is 2.26. The lowest BCUT2D eigenvalue weighted by atomic mass is 10.1. The van der Waals surface area contributed by atoms with E-state index in [0.717, 1.165) is 0 Å². The van der Waals surface area contributed by atoms with Crippen LogP contribution in [0.1, 0.15) is 37.3 Å². The van der Waals surface area contributed by atoms with Crippen molar-refractivity contribution in [3.8, 4) is 5.75 Å². The Kier molecular flexibility index (Phi) is 4.11. The van der Waals surface area contributed by atoms with E-state index in [2.05, 4.69) is 10.2 Å². The van der Waals surface area contributed by atoms with Crippen molar-refractivity contribution in [1.82, 2.24) is 10.2 Å². The van der Waals surface area contributed by atoms with Gasteiger partial charge in [0, 0.05) is 12.0 Å². The molecule has 1 aromatic heterocycles. The largest absolute Gasteiger partial charge is 0.483 e. The summed E-state index contributed by atoms with van der Waals surface area (Å²) in [5, 5.41) is 17.2. The Labute approximate surface area is 110 Å². The quantitative estimate of drug-likeness (QED) is 0.900. The lowest BCUT2D eigenvalue weighted by Crippen LogP contribution is -2.02. The molecule has 1 heterocycles. The fourth-order valence-corrected chi connectivity index (χ4v) is 1.61. The van der Waals surface area contributed by atoms with Gasteiger partial charge in [0.05, 0.1) is 6.10 Å². The van der Waals surface area contributed by atoms with E-state index in [-0.39, 0.29) is 6.61 Å². The standard InChI is InChI=1S/C13H15FN2O3/c1-3-12-15-16-13(19-12)7-18-11-5-4-9(14)6-10(11)8(2)17/h4-6,8,17H,3,7H2,1-2H3/t8-/m1/s1. The number of aryl methyl sites for hydroxylation is 1. The van der Waals surface area contributed by atoms with Gasteiger partial charge in [-0.2, -0.15) is 0 Å². The average molecular weight is 266 g/mol. The molecular weight excluding hydrogens is 251 g/mol. The van der Waals surface area contributed by atoms with Crippen molar-refractivity contribution in [2.45, 2.75) is 33.0 Å². The molecule has 1 aromatic carbocycles. The Hall–Kier alpha value is -1.95. The summed E-state index contributed by atoms with van der Waals surface area (Å²) in [7, 11) is 0. The van der Waals surface area contributed by atoms with Crippen LogP contribution >= 0.6 is 0 Å². The van der Waals surface area contributed by atoms with E-state index in [0.29, 0.717) is 29.5 Å². The molecule has 1 atom stereocenters. The van der Waals surface area contributed by atoms with Gasteiger partial charge < -0.3 is 14.3 Å². The first-order valence-electron chi connectivity index (χ1n) is 6.01. The van der Waals surface area contributed by atoms with Crippen LogP contribution in [-0.4, -0.2) is 15.3 Å². The molecule has 0 aliphatic carbocycles. The van der Waals surface area contributed by atoms with Gasteiger partial charge in [-0.1, -0.05) is 6.92 Å². The van der Waals surface area contributed by atoms with Gasteiger partial charge in [-0.15, -0.1) is 10.2 Å². The second-order valence-corrected chi connectivity index (χ2v) is 4.09. The molecule has 0 amide bonds. The predicted molar refractivity (Wildman–Crippen MR) is 65.0 cm³/mol. The van der Waals surface area contributed by atoms with Crippen molar-refractivity contribution in [3.63, 3.8) is 0 Å². The van der Waals surface area contributed by atoms with Crippen molar-refractivity contribution in [2.24, 2.45) is 0 Å². The molecule has 0 fully saturated rings. The van der Waals surface area contributed by atoms with Gasteiger partial charge in [-0.05, 0) is 25.1 Å². The monoisotopic (exact) mass is 266 g/mol. The van der Waals surface area contributed by atoms with E-state index in [4.69, 9.17) is 9.15 Å². The number of hydrogen-bond donors (Lipinski definition) is 1. The third kappa shape index (κ3) is 3.29. The molecule has 0 saturated carbocycles. The zero-order valence-corrected chi connectivity index (χ0v) is 10.8.